The summed E-state index contributed by atoms with van der Waals surface area (Å²) in [4.78, 5) is 18.4. The number of rotatable bonds is 6. The molecule has 27 heavy (non-hydrogen) atoms. The average molecular weight is 489 g/mol. The Morgan fingerprint density at radius 3 is 2.48 bits per heavy atom. The van der Waals surface area contributed by atoms with E-state index in [0.717, 1.165) is 37.6 Å². The Balaban J connectivity index is 0.00000364. The van der Waals surface area contributed by atoms with Gasteiger partial charge in [0.25, 0.3) is 0 Å². The number of aryl methyl sites for hydroxylation is 1. The predicted molar refractivity (Wildman–Crippen MR) is 119 cm³/mol. The second-order valence-corrected chi connectivity index (χ2v) is 6.68. The van der Waals surface area contributed by atoms with E-state index in [1.54, 1.807) is 7.05 Å². The Labute approximate surface area is 179 Å². The second-order valence-electron chi connectivity index (χ2n) is 6.68. The van der Waals surface area contributed by atoms with E-state index >= 15 is 0 Å². The Bertz CT molecular complexity index is 599. The summed E-state index contributed by atoms with van der Waals surface area (Å²) in [5, 5.41) is 3.37. The van der Waals surface area contributed by atoms with Crippen molar-refractivity contribution in [2.24, 2.45) is 10.9 Å². The maximum atomic E-state index is 11.9. The van der Waals surface area contributed by atoms with Gasteiger partial charge in [-0.2, -0.15) is 0 Å². The molecule has 0 saturated carbocycles. The van der Waals surface area contributed by atoms with Crippen LogP contribution in [0.2, 0.25) is 0 Å². The van der Waals surface area contributed by atoms with E-state index in [0.29, 0.717) is 13.2 Å². The number of aliphatic imine (C=N–C) groups is 1. The molecule has 0 radical (unpaired) electrons. The standard InChI is InChI=1S/C20H31N3O3.HI/c1-5-25-19(24)17-10-12-23(13-11-17)20(21-4)22-14-16(3)26-18-8-6-15(2)7-9-18;/h6-9,16-17H,5,10-14H2,1-4H3,(H,21,22);1H. The third-order valence-electron chi connectivity index (χ3n) is 4.53. The van der Waals surface area contributed by atoms with Gasteiger partial charge in [-0.25, -0.2) is 0 Å². The van der Waals surface area contributed by atoms with E-state index in [1.807, 2.05) is 38.1 Å². The molecule has 0 amide bonds. The van der Waals surface area contributed by atoms with Crippen LogP contribution < -0.4 is 10.1 Å². The molecule has 1 heterocycles. The van der Waals surface area contributed by atoms with E-state index in [4.69, 9.17) is 9.47 Å². The lowest BCUT2D eigenvalue weighted by molar-refractivity contribution is -0.149. The maximum absolute atomic E-state index is 11.9. The van der Waals surface area contributed by atoms with E-state index in [-0.39, 0.29) is 42.0 Å². The molecule has 1 aromatic rings. The van der Waals surface area contributed by atoms with Crippen molar-refractivity contribution in [3.63, 3.8) is 0 Å². The van der Waals surface area contributed by atoms with Gasteiger partial charge in [-0.05, 0) is 45.7 Å². The van der Waals surface area contributed by atoms with Gasteiger partial charge in [-0.15, -0.1) is 24.0 Å². The number of piperidine rings is 1. The molecule has 6 nitrogen and oxygen atoms in total. The first-order valence-electron chi connectivity index (χ1n) is 9.39. The SMILES string of the molecule is CCOC(=O)C1CCN(C(=NC)NCC(C)Oc2ccc(C)cc2)CC1.I. The van der Waals surface area contributed by atoms with Crippen LogP contribution in [0.1, 0.15) is 32.3 Å². The van der Waals surface area contributed by atoms with Gasteiger partial charge >= 0.3 is 5.97 Å². The van der Waals surface area contributed by atoms with E-state index in [9.17, 15) is 4.79 Å². The number of guanidine groups is 1. The van der Waals surface area contributed by atoms with Crippen molar-refractivity contribution in [3.8, 4) is 5.75 Å². The molecule has 1 N–H and O–H groups in total. The lowest BCUT2D eigenvalue weighted by Crippen LogP contribution is -2.48. The third-order valence-corrected chi connectivity index (χ3v) is 4.53. The highest BCUT2D eigenvalue weighted by molar-refractivity contribution is 14.0. The van der Waals surface area contributed by atoms with Crippen molar-refractivity contribution in [3.05, 3.63) is 29.8 Å². The Kier molecular flexibility index (Phi) is 10.5. The van der Waals surface area contributed by atoms with Crippen molar-refractivity contribution in [1.29, 1.82) is 0 Å². The number of halogens is 1. The first-order chi connectivity index (χ1) is 12.5. The van der Waals surface area contributed by atoms with Crippen LogP contribution in [0.5, 0.6) is 5.75 Å². The molecule has 1 saturated heterocycles. The molecule has 2 rings (SSSR count). The van der Waals surface area contributed by atoms with Gasteiger partial charge in [0.1, 0.15) is 11.9 Å². The summed E-state index contributed by atoms with van der Waals surface area (Å²) in [5.41, 5.74) is 1.22. The van der Waals surface area contributed by atoms with Gasteiger partial charge < -0.3 is 19.7 Å². The lowest BCUT2D eigenvalue weighted by Gasteiger charge is -2.33. The zero-order chi connectivity index (χ0) is 18.9. The highest BCUT2D eigenvalue weighted by Gasteiger charge is 2.27. The first-order valence-corrected chi connectivity index (χ1v) is 9.39. The van der Waals surface area contributed by atoms with Crippen LogP contribution in [0.15, 0.2) is 29.3 Å². The number of carbonyl (C=O) groups is 1. The Morgan fingerprint density at radius 2 is 1.93 bits per heavy atom. The highest BCUT2D eigenvalue weighted by Crippen LogP contribution is 2.19. The number of carbonyl (C=O) groups excluding carboxylic acids is 1. The zero-order valence-electron chi connectivity index (χ0n) is 16.7. The molecule has 1 aliphatic rings. The summed E-state index contributed by atoms with van der Waals surface area (Å²) in [6.45, 7) is 8.65. The zero-order valence-corrected chi connectivity index (χ0v) is 19.1. The van der Waals surface area contributed by atoms with Crippen molar-refractivity contribution >= 4 is 35.9 Å². The number of benzene rings is 1. The van der Waals surface area contributed by atoms with E-state index in [1.165, 1.54) is 5.56 Å². The van der Waals surface area contributed by atoms with Crippen LogP contribution in [0.3, 0.4) is 0 Å². The number of esters is 1. The number of likely N-dealkylation sites (tertiary alicyclic amines) is 1. The fourth-order valence-corrected chi connectivity index (χ4v) is 3.05. The largest absolute Gasteiger partial charge is 0.489 e. The number of hydrogen-bond donors (Lipinski definition) is 1. The van der Waals surface area contributed by atoms with Crippen molar-refractivity contribution < 1.29 is 14.3 Å². The van der Waals surface area contributed by atoms with Gasteiger partial charge in [0.2, 0.25) is 0 Å². The second kappa shape index (κ2) is 12.0. The van der Waals surface area contributed by atoms with Crippen molar-refractivity contribution in [1.82, 2.24) is 10.2 Å². The number of nitrogens with zero attached hydrogens (tertiary/aromatic N) is 2. The maximum Gasteiger partial charge on any atom is 0.309 e. The first kappa shape index (κ1) is 23.5. The summed E-state index contributed by atoms with van der Waals surface area (Å²) in [6.07, 6.45) is 1.62. The van der Waals surface area contributed by atoms with Gasteiger partial charge in [0, 0.05) is 20.1 Å². The Hall–Kier alpha value is -1.51. The molecule has 152 valence electrons. The molecule has 1 aromatic carbocycles. The molecule has 1 atom stereocenters. The molecule has 0 spiro atoms. The number of hydrogen-bond acceptors (Lipinski definition) is 4. The number of ether oxygens (including phenoxy) is 2. The molecule has 0 aromatic heterocycles. The monoisotopic (exact) mass is 489 g/mol. The normalized spacial score (nSPS) is 16.3. The minimum atomic E-state index is -0.0739. The number of nitrogens with one attached hydrogen (secondary N) is 1. The third kappa shape index (κ3) is 7.56. The smallest absolute Gasteiger partial charge is 0.309 e. The van der Waals surface area contributed by atoms with Crippen LogP contribution in [-0.4, -0.2) is 56.2 Å². The minimum absolute atomic E-state index is 0. The van der Waals surface area contributed by atoms with Gasteiger partial charge in [-0.3, -0.25) is 9.79 Å². The Morgan fingerprint density at radius 1 is 1.30 bits per heavy atom. The van der Waals surface area contributed by atoms with Crippen LogP contribution in [0, 0.1) is 12.8 Å². The van der Waals surface area contributed by atoms with Crippen LogP contribution in [-0.2, 0) is 9.53 Å². The van der Waals surface area contributed by atoms with Gasteiger partial charge in [0.05, 0.1) is 19.1 Å². The van der Waals surface area contributed by atoms with Crippen molar-refractivity contribution in [2.75, 3.05) is 33.3 Å². The molecule has 0 aliphatic carbocycles. The molecule has 1 unspecified atom stereocenters. The molecular weight excluding hydrogens is 457 g/mol. The molecule has 0 bridgehead atoms. The molecule has 7 heteroatoms. The predicted octanol–water partition coefficient (Wildman–Crippen LogP) is 3.23. The molecular formula is C20H32IN3O3. The van der Waals surface area contributed by atoms with E-state index < -0.39 is 0 Å². The van der Waals surface area contributed by atoms with Crippen LogP contribution in [0.25, 0.3) is 0 Å². The minimum Gasteiger partial charge on any atom is -0.489 e. The quantitative estimate of drug-likeness (QED) is 0.288. The van der Waals surface area contributed by atoms with E-state index in [2.05, 4.69) is 22.1 Å². The summed E-state index contributed by atoms with van der Waals surface area (Å²) in [6, 6.07) is 8.06. The fourth-order valence-electron chi connectivity index (χ4n) is 3.05. The fraction of sp³-hybridized carbons (Fsp3) is 0.600. The van der Waals surface area contributed by atoms with Gasteiger partial charge in [-0.1, -0.05) is 17.7 Å². The molecule has 1 fully saturated rings. The highest BCUT2D eigenvalue weighted by atomic mass is 127. The van der Waals surface area contributed by atoms with Gasteiger partial charge in [0.15, 0.2) is 5.96 Å². The molecule has 1 aliphatic heterocycles. The summed E-state index contributed by atoms with van der Waals surface area (Å²) >= 11 is 0. The topological polar surface area (TPSA) is 63.2 Å². The van der Waals surface area contributed by atoms with Crippen LogP contribution >= 0.6 is 24.0 Å². The summed E-state index contributed by atoms with van der Waals surface area (Å²) in [5.74, 6) is 1.66. The van der Waals surface area contributed by atoms with Crippen LogP contribution in [0.4, 0.5) is 0 Å². The lowest BCUT2D eigenvalue weighted by atomic mass is 9.97. The van der Waals surface area contributed by atoms with Crippen molar-refractivity contribution in [2.45, 2.75) is 39.7 Å². The average Bonchev–Trinajstić information content (AvgIpc) is 2.65. The summed E-state index contributed by atoms with van der Waals surface area (Å²) < 4.78 is 11.1. The summed E-state index contributed by atoms with van der Waals surface area (Å²) in [7, 11) is 1.78.